The van der Waals surface area contributed by atoms with Gasteiger partial charge in [0.05, 0.1) is 10.6 Å². The maximum absolute atomic E-state index is 12.9. The molecular weight excluding hydrogens is 334 g/mol. The lowest BCUT2D eigenvalue weighted by Gasteiger charge is -2.19. The number of ketones is 1. The zero-order valence-electron chi connectivity index (χ0n) is 14.6. The Morgan fingerprint density at radius 2 is 1.76 bits per heavy atom. The summed E-state index contributed by atoms with van der Waals surface area (Å²) in [6.45, 7) is 6.08. The fraction of sp³-hybridized carbons (Fsp3) is 0.300. The van der Waals surface area contributed by atoms with Gasteiger partial charge in [0.1, 0.15) is 0 Å². The van der Waals surface area contributed by atoms with Crippen LogP contribution in [0.5, 0.6) is 0 Å². The molecule has 0 N–H and O–H groups in total. The van der Waals surface area contributed by atoms with Gasteiger partial charge in [-0.3, -0.25) is 9.79 Å². The molecule has 0 saturated carbocycles. The first kappa shape index (κ1) is 17.5. The molecule has 1 unspecified atom stereocenters. The number of Topliss-reactive ketones (excluding diaryl/α,β-unsaturated/α-hetero) is 1. The standard InChI is InChI=1S/C20H21NO3S/c1-4-14-5-10-18-17(11-14)20(22)19(12-21-18)25(23,24)16-8-6-15(7-9-16)13(2)3/h5-13,19H,4H2,1-3H3. The van der Waals surface area contributed by atoms with Crippen LogP contribution in [0.3, 0.4) is 0 Å². The normalized spacial score (nSPS) is 17.0. The number of hydrogen-bond donors (Lipinski definition) is 0. The minimum Gasteiger partial charge on any atom is -0.292 e. The van der Waals surface area contributed by atoms with Gasteiger partial charge in [-0.2, -0.15) is 0 Å². The van der Waals surface area contributed by atoms with Crippen molar-refractivity contribution in [1.82, 2.24) is 0 Å². The number of carbonyl (C=O) groups excluding carboxylic acids is 1. The van der Waals surface area contributed by atoms with Crippen LogP contribution in [0.25, 0.3) is 0 Å². The van der Waals surface area contributed by atoms with Crippen molar-refractivity contribution in [3.8, 4) is 0 Å². The predicted octanol–water partition coefficient (Wildman–Crippen LogP) is 4.11. The summed E-state index contributed by atoms with van der Waals surface area (Å²) in [5.41, 5.74) is 2.96. The van der Waals surface area contributed by atoms with Gasteiger partial charge < -0.3 is 0 Å². The van der Waals surface area contributed by atoms with Crippen LogP contribution >= 0.6 is 0 Å². The van der Waals surface area contributed by atoms with E-state index in [0.29, 0.717) is 17.2 Å². The summed E-state index contributed by atoms with van der Waals surface area (Å²) >= 11 is 0. The molecule has 0 aliphatic carbocycles. The van der Waals surface area contributed by atoms with Gasteiger partial charge in [-0.1, -0.05) is 39.0 Å². The molecule has 0 spiro atoms. The highest BCUT2D eigenvalue weighted by molar-refractivity contribution is 7.93. The molecule has 1 atom stereocenters. The molecule has 0 bridgehead atoms. The topological polar surface area (TPSA) is 63.6 Å². The third-order valence-corrected chi connectivity index (χ3v) is 6.49. The average Bonchev–Trinajstić information content (AvgIpc) is 2.61. The lowest BCUT2D eigenvalue weighted by atomic mass is 10.00. The molecule has 0 amide bonds. The van der Waals surface area contributed by atoms with E-state index < -0.39 is 20.9 Å². The van der Waals surface area contributed by atoms with Gasteiger partial charge in [0, 0.05) is 11.8 Å². The zero-order chi connectivity index (χ0) is 18.2. The second kappa shape index (κ2) is 6.56. The maximum atomic E-state index is 12.9. The Balaban J connectivity index is 1.99. The predicted molar refractivity (Wildman–Crippen MR) is 99.8 cm³/mol. The summed E-state index contributed by atoms with van der Waals surface area (Å²) in [7, 11) is -3.81. The van der Waals surface area contributed by atoms with Crippen LogP contribution in [0.1, 0.15) is 48.2 Å². The lowest BCUT2D eigenvalue weighted by Crippen LogP contribution is -2.34. The first-order valence-electron chi connectivity index (χ1n) is 8.39. The Kier molecular flexibility index (Phi) is 4.60. The smallest absolute Gasteiger partial charge is 0.193 e. The summed E-state index contributed by atoms with van der Waals surface area (Å²) in [4.78, 5) is 17.2. The van der Waals surface area contributed by atoms with Gasteiger partial charge in [-0.25, -0.2) is 8.42 Å². The number of sulfone groups is 1. The van der Waals surface area contributed by atoms with Crippen LogP contribution in [-0.2, 0) is 16.3 Å². The van der Waals surface area contributed by atoms with Crippen LogP contribution < -0.4 is 0 Å². The van der Waals surface area contributed by atoms with E-state index in [4.69, 9.17) is 0 Å². The summed E-state index contributed by atoms with van der Waals surface area (Å²) < 4.78 is 25.9. The highest BCUT2D eigenvalue weighted by Gasteiger charge is 2.36. The van der Waals surface area contributed by atoms with Gasteiger partial charge in [-0.15, -0.1) is 0 Å². The number of aliphatic imine (C=N–C) groups is 1. The van der Waals surface area contributed by atoms with E-state index in [2.05, 4.69) is 4.99 Å². The van der Waals surface area contributed by atoms with Crippen LogP contribution in [-0.4, -0.2) is 25.7 Å². The second-order valence-corrected chi connectivity index (χ2v) is 8.61. The van der Waals surface area contributed by atoms with Crippen molar-refractivity contribution in [1.29, 1.82) is 0 Å². The summed E-state index contributed by atoms with van der Waals surface area (Å²) in [6.07, 6.45) is 2.03. The molecule has 2 aromatic carbocycles. The van der Waals surface area contributed by atoms with Crippen molar-refractivity contribution in [3.63, 3.8) is 0 Å². The second-order valence-electron chi connectivity index (χ2n) is 6.54. The third-order valence-electron chi connectivity index (χ3n) is 4.55. The van der Waals surface area contributed by atoms with Crippen LogP contribution in [0.2, 0.25) is 0 Å². The number of carbonyl (C=O) groups is 1. The summed E-state index contributed by atoms with van der Waals surface area (Å²) in [5.74, 6) is -0.0952. The molecule has 0 radical (unpaired) electrons. The number of fused-ring (bicyclic) bond motifs is 1. The Labute approximate surface area is 148 Å². The summed E-state index contributed by atoms with van der Waals surface area (Å²) in [6, 6.07) is 12.2. The van der Waals surface area contributed by atoms with Crippen molar-refractivity contribution in [2.24, 2.45) is 4.99 Å². The van der Waals surface area contributed by atoms with Gasteiger partial charge in [0.2, 0.25) is 0 Å². The van der Waals surface area contributed by atoms with Crippen molar-refractivity contribution < 1.29 is 13.2 Å². The Morgan fingerprint density at radius 1 is 1.08 bits per heavy atom. The SMILES string of the molecule is CCc1ccc2c(c1)C(=O)C(S(=O)(=O)c1ccc(C(C)C)cc1)C=N2. The van der Waals surface area contributed by atoms with E-state index >= 15 is 0 Å². The van der Waals surface area contributed by atoms with Gasteiger partial charge in [0.25, 0.3) is 0 Å². The van der Waals surface area contributed by atoms with Gasteiger partial charge >= 0.3 is 0 Å². The minimum atomic E-state index is -3.81. The lowest BCUT2D eigenvalue weighted by molar-refractivity contribution is 0.100. The molecule has 130 valence electrons. The molecule has 25 heavy (non-hydrogen) atoms. The minimum absolute atomic E-state index is 0.150. The molecule has 0 saturated heterocycles. The van der Waals surface area contributed by atoms with E-state index in [1.165, 1.54) is 6.21 Å². The zero-order valence-corrected chi connectivity index (χ0v) is 15.4. The number of nitrogens with zero attached hydrogens (tertiary/aromatic N) is 1. The largest absolute Gasteiger partial charge is 0.292 e. The highest BCUT2D eigenvalue weighted by Crippen LogP contribution is 2.30. The van der Waals surface area contributed by atoms with Crippen LogP contribution in [0.15, 0.2) is 52.4 Å². The number of hydrogen-bond acceptors (Lipinski definition) is 4. The number of rotatable bonds is 4. The van der Waals surface area contributed by atoms with E-state index in [9.17, 15) is 13.2 Å². The fourth-order valence-corrected chi connectivity index (χ4v) is 4.33. The van der Waals surface area contributed by atoms with Crippen LogP contribution in [0, 0.1) is 0 Å². The van der Waals surface area contributed by atoms with E-state index in [1.807, 2.05) is 26.8 Å². The van der Waals surface area contributed by atoms with E-state index in [0.717, 1.165) is 17.5 Å². The molecule has 3 rings (SSSR count). The summed E-state index contributed by atoms with van der Waals surface area (Å²) in [5, 5.41) is -1.27. The van der Waals surface area contributed by atoms with Crippen molar-refractivity contribution in [2.45, 2.75) is 43.3 Å². The van der Waals surface area contributed by atoms with E-state index in [-0.39, 0.29) is 4.90 Å². The first-order valence-corrected chi connectivity index (χ1v) is 9.94. The molecule has 4 nitrogen and oxygen atoms in total. The van der Waals surface area contributed by atoms with Gasteiger partial charge in [0.15, 0.2) is 20.9 Å². The highest BCUT2D eigenvalue weighted by atomic mass is 32.2. The first-order chi connectivity index (χ1) is 11.8. The molecule has 0 aromatic heterocycles. The molecule has 1 aliphatic rings. The molecule has 0 fully saturated rings. The quantitative estimate of drug-likeness (QED) is 0.829. The number of aryl methyl sites for hydroxylation is 1. The maximum Gasteiger partial charge on any atom is 0.193 e. The molecule has 1 heterocycles. The van der Waals surface area contributed by atoms with E-state index in [1.54, 1.807) is 36.4 Å². The molecule has 5 heteroatoms. The van der Waals surface area contributed by atoms with Crippen molar-refractivity contribution in [3.05, 3.63) is 59.2 Å². The fourth-order valence-electron chi connectivity index (χ4n) is 2.89. The molecular formula is C20H21NO3S. The van der Waals surface area contributed by atoms with Crippen LogP contribution in [0.4, 0.5) is 5.69 Å². The Hall–Kier alpha value is -2.27. The van der Waals surface area contributed by atoms with Gasteiger partial charge in [-0.05, 0) is 47.7 Å². The number of benzene rings is 2. The Morgan fingerprint density at radius 3 is 2.36 bits per heavy atom. The van der Waals surface area contributed by atoms with Crippen molar-refractivity contribution >= 4 is 27.5 Å². The average molecular weight is 355 g/mol. The van der Waals surface area contributed by atoms with Crippen molar-refractivity contribution in [2.75, 3.05) is 0 Å². The molecule has 1 aliphatic heterocycles. The third kappa shape index (κ3) is 3.16. The molecule has 2 aromatic rings. The Bertz CT molecular complexity index is 941. The monoisotopic (exact) mass is 355 g/mol.